The van der Waals surface area contributed by atoms with Crippen LogP contribution in [0, 0.1) is 87.9 Å². The SMILES string of the molecule is CCCCCCC(c1ccccc1)(C1CCCC1)C1C2CC(C(C)(C)C)CCC2C2CCC(C(C)(C)C)CC21.[CH3-].[CH3-].[CH3-].[CH3-].[Hf+4]. The summed E-state index contributed by atoms with van der Waals surface area (Å²) in [5, 5.41) is 0. The quantitative estimate of drug-likeness (QED) is 0.140. The minimum absolute atomic E-state index is 0. The van der Waals surface area contributed by atoms with Gasteiger partial charge in [-0.3, -0.25) is 0 Å². The molecule has 0 aliphatic heterocycles. The maximum atomic E-state index is 2.61. The van der Waals surface area contributed by atoms with Gasteiger partial charge in [0.2, 0.25) is 0 Å². The van der Waals surface area contributed by atoms with Crippen molar-refractivity contribution in [3.8, 4) is 0 Å². The molecule has 7 atom stereocenters. The molecule has 4 saturated carbocycles. The van der Waals surface area contributed by atoms with E-state index < -0.39 is 0 Å². The maximum Gasteiger partial charge on any atom is 4.00 e. The van der Waals surface area contributed by atoms with Crippen molar-refractivity contribution in [2.24, 2.45) is 58.2 Å². The molecule has 0 saturated heterocycles. The smallest absolute Gasteiger partial charge is 0.358 e. The Hall–Kier alpha value is 0.0901. The van der Waals surface area contributed by atoms with Crippen LogP contribution < -0.4 is 0 Å². The van der Waals surface area contributed by atoms with E-state index in [2.05, 4.69) is 78.8 Å². The predicted molar refractivity (Wildman–Crippen MR) is 196 cm³/mol. The molecule has 0 N–H and O–H groups in total. The molecular weight excluding hydrogens is 695 g/mol. The van der Waals surface area contributed by atoms with Crippen molar-refractivity contribution in [1.29, 1.82) is 0 Å². The van der Waals surface area contributed by atoms with Crippen LogP contribution in [0.1, 0.15) is 150 Å². The van der Waals surface area contributed by atoms with Crippen molar-refractivity contribution < 1.29 is 25.8 Å². The normalized spacial score (nSPS) is 31.4. The molecule has 252 valence electrons. The summed E-state index contributed by atoms with van der Waals surface area (Å²) in [7, 11) is 0. The van der Waals surface area contributed by atoms with Gasteiger partial charge < -0.3 is 29.7 Å². The molecule has 0 amide bonds. The van der Waals surface area contributed by atoms with Gasteiger partial charge in [0.25, 0.3) is 0 Å². The van der Waals surface area contributed by atoms with Crippen molar-refractivity contribution >= 4 is 0 Å². The average Bonchev–Trinajstić information content (AvgIpc) is 3.55. The molecule has 4 aliphatic carbocycles. The van der Waals surface area contributed by atoms with Gasteiger partial charge in [-0.05, 0) is 122 Å². The van der Waals surface area contributed by atoms with Crippen molar-refractivity contribution in [3.05, 3.63) is 65.6 Å². The summed E-state index contributed by atoms with van der Waals surface area (Å²) in [6, 6.07) is 12.3. The summed E-state index contributed by atoms with van der Waals surface area (Å²) >= 11 is 0. The van der Waals surface area contributed by atoms with Crippen LogP contribution in [0.5, 0.6) is 0 Å². The van der Waals surface area contributed by atoms with Gasteiger partial charge in [-0.25, -0.2) is 0 Å². The molecule has 0 heterocycles. The zero-order valence-electron chi connectivity index (χ0n) is 31.6. The number of fused-ring (bicyclic) bond motifs is 3. The fourth-order valence-corrected chi connectivity index (χ4v) is 11.3. The van der Waals surface area contributed by atoms with Crippen LogP contribution in [0.2, 0.25) is 0 Å². The first kappa shape index (κ1) is 44.1. The van der Waals surface area contributed by atoms with Crippen molar-refractivity contribution in [2.45, 2.75) is 150 Å². The first-order valence-corrected chi connectivity index (χ1v) is 17.6. The standard InChI is InChI=1S/C39H64.4CH3.Hf/c1-8-9-10-16-25-39(29-19-14-15-20-29,28-17-12-11-13-18-28)36-34-26-30(37(2,3)4)21-23-32(34)33-24-22-31(27-35(33)36)38(5,6)7;;;;;/h11-13,17-18,29-36H,8-10,14-16,19-27H2,1-7H3;4*1H3;/q;4*-1;+4. The van der Waals surface area contributed by atoms with Crippen LogP contribution in [0.25, 0.3) is 0 Å². The van der Waals surface area contributed by atoms with Gasteiger partial charge in [-0.15, -0.1) is 0 Å². The zero-order valence-corrected chi connectivity index (χ0v) is 35.2. The second-order valence-corrected chi connectivity index (χ2v) is 17.1. The molecule has 0 spiro atoms. The van der Waals surface area contributed by atoms with E-state index in [0.717, 1.165) is 47.3 Å². The number of hydrogen-bond donors (Lipinski definition) is 0. The molecule has 0 radical (unpaired) electrons. The molecule has 0 bridgehead atoms. The fraction of sp³-hybridized carbons (Fsp3) is 0.767. The first-order valence-electron chi connectivity index (χ1n) is 17.6. The van der Waals surface area contributed by atoms with E-state index in [1.54, 1.807) is 5.56 Å². The predicted octanol–water partition coefficient (Wildman–Crippen LogP) is 13.7. The van der Waals surface area contributed by atoms with Gasteiger partial charge in [0.15, 0.2) is 0 Å². The minimum Gasteiger partial charge on any atom is -0.358 e. The fourth-order valence-electron chi connectivity index (χ4n) is 11.3. The Morgan fingerprint density at radius 3 is 1.48 bits per heavy atom. The van der Waals surface area contributed by atoms with Crippen molar-refractivity contribution in [3.63, 3.8) is 0 Å². The molecule has 0 nitrogen and oxygen atoms in total. The van der Waals surface area contributed by atoms with E-state index in [1.807, 2.05) is 0 Å². The van der Waals surface area contributed by atoms with E-state index in [9.17, 15) is 0 Å². The largest absolute Gasteiger partial charge is 4.00 e. The Morgan fingerprint density at radius 1 is 0.568 bits per heavy atom. The molecule has 1 aromatic rings. The zero-order chi connectivity index (χ0) is 27.8. The maximum absolute atomic E-state index is 2.61. The minimum atomic E-state index is 0. The van der Waals surface area contributed by atoms with E-state index in [1.165, 1.54) is 96.3 Å². The monoisotopic (exact) mass is 773 g/mol. The van der Waals surface area contributed by atoms with Gasteiger partial charge >= 0.3 is 25.8 Å². The van der Waals surface area contributed by atoms with E-state index >= 15 is 0 Å². The van der Waals surface area contributed by atoms with Gasteiger partial charge in [0.1, 0.15) is 0 Å². The number of benzene rings is 1. The van der Waals surface area contributed by atoms with Crippen molar-refractivity contribution in [2.75, 3.05) is 0 Å². The molecule has 44 heavy (non-hydrogen) atoms. The van der Waals surface area contributed by atoms with E-state index in [4.69, 9.17) is 0 Å². The molecule has 4 aliphatic rings. The van der Waals surface area contributed by atoms with Crippen LogP contribution in [0.4, 0.5) is 0 Å². The number of hydrogen-bond acceptors (Lipinski definition) is 0. The van der Waals surface area contributed by atoms with Crippen LogP contribution in [-0.4, -0.2) is 0 Å². The van der Waals surface area contributed by atoms with Gasteiger partial charge in [0.05, 0.1) is 0 Å². The molecule has 1 heteroatoms. The molecule has 4 fully saturated rings. The van der Waals surface area contributed by atoms with Gasteiger partial charge in [-0.1, -0.05) is 117 Å². The Kier molecular flexibility index (Phi) is 18.1. The Bertz CT molecular complexity index is 861. The van der Waals surface area contributed by atoms with Crippen LogP contribution in [0.3, 0.4) is 0 Å². The molecule has 5 rings (SSSR count). The Balaban J connectivity index is 0.00000370. The van der Waals surface area contributed by atoms with E-state index in [-0.39, 0.29) is 55.5 Å². The van der Waals surface area contributed by atoms with Crippen LogP contribution in [0.15, 0.2) is 30.3 Å². The second-order valence-electron chi connectivity index (χ2n) is 17.1. The summed E-state index contributed by atoms with van der Waals surface area (Å²) < 4.78 is 0. The summed E-state index contributed by atoms with van der Waals surface area (Å²) in [5.41, 5.74) is 3.05. The van der Waals surface area contributed by atoms with Crippen molar-refractivity contribution in [1.82, 2.24) is 0 Å². The Labute approximate surface area is 298 Å². The third-order valence-electron chi connectivity index (χ3n) is 13.3. The molecule has 7 unspecified atom stereocenters. The topological polar surface area (TPSA) is 0 Å². The van der Waals surface area contributed by atoms with Crippen LogP contribution in [-0.2, 0) is 31.3 Å². The average molecular weight is 772 g/mol. The number of unbranched alkanes of at least 4 members (excludes halogenated alkanes) is 3. The summed E-state index contributed by atoms with van der Waals surface area (Å²) in [5.74, 6) is 7.49. The summed E-state index contributed by atoms with van der Waals surface area (Å²) in [4.78, 5) is 0. The third-order valence-corrected chi connectivity index (χ3v) is 13.3. The van der Waals surface area contributed by atoms with E-state index in [0.29, 0.717) is 16.2 Å². The van der Waals surface area contributed by atoms with Crippen LogP contribution >= 0.6 is 0 Å². The third kappa shape index (κ3) is 8.76. The summed E-state index contributed by atoms with van der Waals surface area (Å²) in [6.07, 6.45) is 22.1. The molecule has 0 aromatic heterocycles. The van der Waals surface area contributed by atoms with Gasteiger partial charge in [0, 0.05) is 5.41 Å². The second kappa shape index (κ2) is 18.0. The number of rotatable bonds is 8. The first-order chi connectivity index (χ1) is 18.6. The molecular formula is C43H76Hf. The Morgan fingerprint density at radius 2 is 1.05 bits per heavy atom. The summed E-state index contributed by atoms with van der Waals surface area (Å²) in [6.45, 7) is 17.7. The van der Waals surface area contributed by atoms with Gasteiger partial charge in [-0.2, -0.15) is 0 Å². The molecule has 1 aromatic carbocycles.